The molecule has 1 rings (SSSR count). The molecule has 0 saturated heterocycles. The van der Waals surface area contributed by atoms with E-state index in [0.29, 0.717) is 6.42 Å². The number of hydrogen-bond acceptors (Lipinski definition) is 2. The van der Waals surface area contributed by atoms with Crippen LogP contribution in [-0.2, 0) is 12.4 Å². The van der Waals surface area contributed by atoms with E-state index in [1.807, 2.05) is 6.20 Å². The van der Waals surface area contributed by atoms with E-state index in [4.69, 9.17) is 5.26 Å². The van der Waals surface area contributed by atoms with Crippen molar-refractivity contribution in [3.63, 3.8) is 0 Å². The maximum absolute atomic E-state index is 8.45. The first-order valence-corrected chi connectivity index (χ1v) is 5.60. The highest BCUT2D eigenvalue weighted by atomic mass is 32.2. The van der Waals surface area contributed by atoms with Gasteiger partial charge in [0.05, 0.1) is 12.5 Å². The van der Waals surface area contributed by atoms with Crippen LogP contribution in [0.1, 0.15) is 12.2 Å². The molecule has 0 N–H and O–H groups in total. The highest BCUT2D eigenvalue weighted by Crippen LogP contribution is 1.98. The lowest BCUT2D eigenvalue weighted by molar-refractivity contribution is -0.681. The normalized spacial score (nSPS) is 9.92. The predicted octanol–water partition coefficient (Wildman–Crippen LogP) is 1.32. The molecule has 0 unspecified atom stereocenters. The molecule has 13 heavy (non-hydrogen) atoms. The minimum atomic E-state index is 0.578. The molecule has 0 amide bonds. The first-order chi connectivity index (χ1) is 6.29. The Kier molecular flexibility index (Phi) is 3.84. The van der Waals surface area contributed by atoms with Crippen LogP contribution in [-0.4, -0.2) is 10.8 Å². The molecule has 3 nitrogen and oxygen atoms in total. The molecule has 1 heterocycles. The van der Waals surface area contributed by atoms with Crippen LogP contribution >= 0.6 is 11.8 Å². The number of imidazole rings is 1. The third kappa shape index (κ3) is 2.49. The lowest BCUT2D eigenvalue weighted by atomic mass is 10.4. The van der Waals surface area contributed by atoms with Crippen LogP contribution in [0.25, 0.3) is 0 Å². The van der Waals surface area contributed by atoms with Gasteiger partial charge in [-0.05, 0) is 6.26 Å². The van der Waals surface area contributed by atoms with Gasteiger partial charge in [0.15, 0.2) is 0 Å². The zero-order chi connectivity index (χ0) is 9.68. The van der Waals surface area contributed by atoms with Gasteiger partial charge < -0.3 is 0 Å². The molecule has 0 bridgehead atoms. The van der Waals surface area contributed by atoms with Crippen molar-refractivity contribution in [3.05, 3.63) is 18.2 Å². The van der Waals surface area contributed by atoms with Crippen LogP contribution in [0.4, 0.5) is 0 Å². The van der Waals surface area contributed by atoms with E-state index in [1.165, 1.54) is 5.82 Å². The van der Waals surface area contributed by atoms with Crippen LogP contribution in [0.3, 0.4) is 0 Å². The maximum atomic E-state index is 8.45. The minimum Gasteiger partial charge on any atom is -0.233 e. The molecule has 0 aliphatic rings. The number of nitrogens with zero attached hydrogens (tertiary/aromatic N) is 3. The number of nitriles is 1. The fourth-order valence-corrected chi connectivity index (χ4v) is 1.78. The molecule has 0 aliphatic carbocycles. The molecule has 70 valence electrons. The topological polar surface area (TPSA) is 32.6 Å². The van der Waals surface area contributed by atoms with E-state index in [2.05, 4.69) is 34.6 Å². The summed E-state index contributed by atoms with van der Waals surface area (Å²) in [5.74, 6) is 2.19. The summed E-state index contributed by atoms with van der Waals surface area (Å²) in [6, 6.07) is 2.15. The van der Waals surface area contributed by atoms with Crippen LogP contribution in [0.5, 0.6) is 0 Å². The third-order valence-corrected chi connectivity index (χ3v) is 2.53. The zero-order valence-corrected chi connectivity index (χ0v) is 8.84. The minimum absolute atomic E-state index is 0.578. The predicted molar refractivity (Wildman–Crippen MR) is 53.1 cm³/mol. The fourth-order valence-electron chi connectivity index (χ4n) is 1.22. The third-order valence-electron chi connectivity index (χ3n) is 1.99. The summed E-state index contributed by atoms with van der Waals surface area (Å²) in [6.07, 6.45) is 6.75. The number of hydrogen-bond donors (Lipinski definition) is 0. The molecule has 0 saturated carbocycles. The van der Waals surface area contributed by atoms with Gasteiger partial charge in [0, 0.05) is 6.92 Å². The van der Waals surface area contributed by atoms with Gasteiger partial charge in [-0.15, -0.1) is 11.8 Å². The van der Waals surface area contributed by atoms with E-state index in [1.54, 1.807) is 11.8 Å². The second kappa shape index (κ2) is 4.93. The zero-order valence-electron chi connectivity index (χ0n) is 8.03. The van der Waals surface area contributed by atoms with Crippen LogP contribution in [0, 0.1) is 18.3 Å². The van der Waals surface area contributed by atoms with Crippen molar-refractivity contribution in [2.45, 2.75) is 25.8 Å². The Balaban J connectivity index is 2.69. The molecule has 0 aliphatic heterocycles. The SMILES string of the molecule is CSC[n+]1ccn(CCC#N)c1C. The largest absolute Gasteiger partial charge is 0.253 e. The number of aromatic nitrogens is 2. The van der Waals surface area contributed by atoms with Crippen molar-refractivity contribution in [3.8, 4) is 6.07 Å². The lowest BCUT2D eigenvalue weighted by Crippen LogP contribution is -2.33. The maximum Gasteiger partial charge on any atom is 0.253 e. The standard InChI is InChI=1S/C9H14N3S/c1-9-11(5-3-4-10)6-7-12(9)8-13-2/h6-7H,3,5,8H2,1-2H3/q+1. The van der Waals surface area contributed by atoms with Gasteiger partial charge in [-0.2, -0.15) is 5.26 Å². The van der Waals surface area contributed by atoms with Crippen molar-refractivity contribution in [1.82, 2.24) is 4.57 Å². The quantitative estimate of drug-likeness (QED) is 0.680. The molecule has 1 aromatic heterocycles. The van der Waals surface area contributed by atoms with Gasteiger partial charge in [0.1, 0.15) is 24.8 Å². The summed E-state index contributed by atoms with van der Waals surface area (Å²) in [7, 11) is 0. The summed E-state index contributed by atoms with van der Waals surface area (Å²) in [5, 5.41) is 8.45. The lowest BCUT2D eigenvalue weighted by Gasteiger charge is -1.96. The molecule has 0 radical (unpaired) electrons. The van der Waals surface area contributed by atoms with Crippen LogP contribution in [0.2, 0.25) is 0 Å². The van der Waals surface area contributed by atoms with Gasteiger partial charge in [-0.25, -0.2) is 9.13 Å². The van der Waals surface area contributed by atoms with E-state index in [9.17, 15) is 0 Å². The van der Waals surface area contributed by atoms with Crippen molar-refractivity contribution in [1.29, 1.82) is 5.26 Å². The Morgan fingerprint density at radius 1 is 1.69 bits per heavy atom. The Morgan fingerprint density at radius 2 is 2.46 bits per heavy atom. The molecular weight excluding hydrogens is 182 g/mol. The Hall–Kier alpha value is -0.950. The van der Waals surface area contributed by atoms with E-state index < -0.39 is 0 Å². The second-order valence-electron chi connectivity index (χ2n) is 2.83. The summed E-state index contributed by atoms with van der Waals surface area (Å²) >= 11 is 1.79. The number of aryl methyl sites for hydroxylation is 1. The molecule has 0 fully saturated rings. The van der Waals surface area contributed by atoms with Gasteiger partial charge >= 0.3 is 0 Å². The van der Waals surface area contributed by atoms with Crippen LogP contribution < -0.4 is 4.57 Å². The second-order valence-corrected chi connectivity index (χ2v) is 3.67. The number of thioether (sulfide) groups is 1. The molecule has 0 spiro atoms. The first-order valence-electron chi connectivity index (χ1n) is 4.20. The van der Waals surface area contributed by atoms with Gasteiger partial charge in [0.25, 0.3) is 5.82 Å². The van der Waals surface area contributed by atoms with E-state index in [0.717, 1.165) is 12.4 Å². The molecule has 4 heteroatoms. The Labute approximate surface area is 83.0 Å². The fraction of sp³-hybridized carbons (Fsp3) is 0.556. The van der Waals surface area contributed by atoms with Crippen LogP contribution in [0.15, 0.2) is 12.4 Å². The average molecular weight is 196 g/mol. The van der Waals surface area contributed by atoms with Crippen molar-refractivity contribution < 1.29 is 4.57 Å². The summed E-state index contributed by atoms with van der Waals surface area (Å²) in [6.45, 7) is 2.87. The molecule has 1 aromatic rings. The number of rotatable bonds is 4. The van der Waals surface area contributed by atoms with Gasteiger partial charge in [-0.1, -0.05) is 0 Å². The van der Waals surface area contributed by atoms with Crippen molar-refractivity contribution in [2.24, 2.45) is 0 Å². The highest BCUT2D eigenvalue weighted by molar-refractivity contribution is 7.97. The monoisotopic (exact) mass is 196 g/mol. The molecular formula is C9H14N3S+. The average Bonchev–Trinajstić information content (AvgIpc) is 2.46. The van der Waals surface area contributed by atoms with Crippen molar-refractivity contribution in [2.75, 3.05) is 6.26 Å². The van der Waals surface area contributed by atoms with E-state index in [-0.39, 0.29) is 0 Å². The summed E-state index contributed by atoms with van der Waals surface area (Å²) in [4.78, 5) is 0. The van der Waals surface area contributed by atoms with E-state index >= 15 is 0 Å². The first kappa shape index (κ1) is 10.1. The Morgan fingerprint density at radius 3 is 3.08 bits per heavy atom. The summed E-state index contributed by atoms with van der Waals surface area (Å²) < 4.78 is 4.29. The highest BCUT2D eigenvalue weighted by Gasteiger charge is 2.10. The Bertz CT molecular complexity index is 311. The van der Waals surface area contributed by atoms with Gasteiger partial charge in [-0.3, -0.25) is 0 Å². The smallest absolute Gasteiger partial charge is 0.233 e. The molecule has 0 atom stereocenters. The van der Waals surface area contributed by atoms with Gasteiger partial charge in [0.2, 0.25) is 0 Å². The molecule has 0 aromatic carbocycles. The summed E-state index contributed by atoms with van der Waals surface area (Å²) in [5.41, 5.74) is 0. The van der Waals surface area contributed by atoms with Crippen molar-refractivity contribution >= 4 is 11.8 Å².